The lowest BCUT2D eigenvalue weighted by molar-refractivity contribution is 0.414. The van der Waals surface area contributed by atoms with Gasteiger partial charge in [-0.1, -0.05) is 23.7 Å². The molecule has 0 spiro atoms. The van der Waals surface area contributed by atoms with E-state index in [0.717, 1.165) is 11.8 Å². The van der Waals surface area contributed by atoms with Gasteiger partial charge in [-0.25, -0.2) is 18.1 Å². The predicted octanol–water partition coefficient (Wildman–Crippen LogP) is 1.80. The largest absolute Gasteiger partial charge is 0.497 e. The van der Waals surface area contributed by atoms with Crippen LogP contribution in [0.25, 0.3) is 0 Å². The van der Waals surface area contributed by atoms with E-state index >= 15 is 0 Å². The Hall–Kier alpha value is -1.83. The highest BCUT2D eigenvalue weighted by molar-refractivity contribution is 7.89. The quantitative estimate of drug-likeness (QED) is 0.873. The molecular weight excluding hydrogens is 314 g/mol. The molecule has 0 atom stereocenters. The molecule has 1 aromatic heterocycles. The van der Waals surface area contributed by atoms with Crippen molar-refractivity contribution in [2.45, 2.75) is 11.4 Å². The molecular formula is C13H14ClN3O3S. The molecule has 1 heterocycles. The average molecular weight is 328 g/mol. The van der Waals surface area contributed by atoms with Crippen LogP contribution in [0.1, 0.15) is 5.56 Å². The number of aromatic nitrogens is 1. The molecule has 2 rings (SSSR count). The van der Waals surface area contributed by atoms with Gasteiger partial charge >= 0.3 is 0 Å². The lowest BCUT2D eigenvalue weighted by atomic mass is 10.2. The minimum absolute atomic E-state index is 0.0374. The second-order valence-electron chi connectivity index (χ2n) is 4.21. The van der Waals surface area contributed by atoms with Gasteiger partial charge in [-0.2, -0.15) is 0 Å². The van der Waals surface area contributed by atoms with Crippen LogP contribution in [-0.4, -0.2) is 20.5 Å². The summed E-state index contributed by atoms with van der Waals surface area (Å²) in [5.74, 6) is 0.743. The van der Waals surface area contributed by atoms with Crippen LogP contribution >= 0.6 is 11.6 Å². The molecule has 3 N–H and O–H groups in total. The Kier molecular flexibility index (Phi) is 4.66. The number of nitrogen functional groups attached to an aromatic ring is 1. The summed E-state index contributed by atoms with van der Waals surface area (Å²) < 4.78 is 31.8. The van der Waals surface area contributed by atoms with Gasteiger partial charge in [-0.3, -0.25) is 0 Å². The van der Waals surface area contributed by atoms with Crippen molar-refractivity contribution in [3.05, 3.63) is 47.1 Å². The standard InChI is InChI=1S/C13H14ClN3O3S/c1-20-10-4-2-3-9(5-10)7-17-21(18,19)11-6-12(14)13(15)16-8-11/h2-6,8,17H,7H2,1H3,(H2,15,16). The molecule has 0 aliphatic carbocycles. The second-order valence-corrected chi connectivity index (χ2v) is 6.39. The van der Waals surface area contributed by atoms with Crippen molar-refractivity contribution < 1.29 is 13.2 Å². The highest BCUT2D eigenvalue weighted by atomic mass is 35.5. The van der Waals surface area contributed by atoms with Gasteiger partial charge in [-0.05, 0) is 23.8 Å². The highest BCUT2D eigenvalue weighted by Gasteiger charge is 2.15. The molecule has 8 heteroatoms. The smallest absolute Gasteiger partial charge is 0.242 e. The van der Waals surface area contributed by atoms with Crippen molar-refractivity contribution in [1.82, 2.24) is 9.71 Å². The Labute approximate surface area is 128 Å². The fraction of sp³-hybridized carbons (Fsp3) is 0.154. The molecule has 21 heavy (non-hydrogen) atoms. The third kappa shape index (κ3) is 3.84. The van der Waals surface area contributed by atoms with E-state index in [4.69, 9.17) is 22.1 Å². The average Bonchev–Trinajstić information content (AvgIpc) is 2.48. The number of nitrogens with zero attached hydrogens (tertiary/aromatic N) is 1. The van der Waals surface area contributed by atoms with Gasteiger partial charge in [0.1, 0.15) is 16.5 Å². The number of anilines is 1. The number of benzene rings is 1. The Morgan fingerprint density at radius 1 is 1.38 bits per heavy atom. The number of rotatable bonds is 5. The van der Waals surface area contributed by atoms with Crippen LogP contribution in [0, 0.1) is 0 Å². The first-order chi connectivity index (χ1) is 9.92. The summed E-state index contributed by atoms with van der Waals surface area (Å²) >= 11 is 5.78. The van der Waals surface area contributed by atoms with Gasteiger partial charge in [0.2, 0.25) is 10.0 Å². The van der Waals surface area contributed by atoms with Gasteiger partial charge in [0.25, 0.3) is 0 Å². The van der Waals surface area contributed by atoms with Crippen molar-refractivity contribution in [3.8, 4) is 5.75 Å². The van der Waals surface area contributed by atoms with Crippen LogP contribution in [0.15, 0.2) is 41.4 Å². The van der Waals surface area contributed by atoms with E-state index in [1.165, 1.54) is 6.07 Å². The maximum atomic E-state index is 12.1. The molecule has 2 aromatic rings. The number of pyridine rings is 1. The summed E-state index contributed by atoms with van der Waals surface area (Å²) in [4.78, 5) is 3.70. The molecule has 1 aromatic carbocycles. The Morgan fingerprint density at radius 3 is 2.81 bits per heavy atom. The van der Waals surface area contributed by atoms with E-state index in [1.54, 1.807) is 31.4 Å². The highest BCUT2D eigenvalue weighted by Crippen LogP contribution is 2.20. The van der Waals surface area contributed by atoms with Gasteiger partial charge < -0.3 is 10.5 Å². The van der Waals surface area contributed by atoms with Gasteiger partial charge in [-0.15, -0.1) is 0 Å². The number of nitrogens with one attached hydrogen (secondary N) is 1. The van der Waals surface area contributed by atoms with Crippen molar-refractivity contribution >= 4 is 27.4 Å². The molecule has 0 aliphatic rings. The Morgan fingerprint density at radius 2 is 2.14 bits per heavy atom. The van der Waals surface area contributed by atoms with Gasteiger partial charge in [0, 0.05) is 12.7 Å². The molecule has 0 fully saturated rings. The predicted molar refractivity (Wildman–Crippen MR) is 80.7 cm³/mol. The molecule has 0 saturated heterocycles. The number of methoxy groups -OCH3 is 1. The van der Waals surface area contributed by atoms with E-state index in [1.807, 2.05) is 0 Å². The molecule has 0 radical (unpaired) electrons. The third-order valence-corrected chi connectivity index (χ3v) is 4.43. The molecule has 6 nitrogen and oxygen atoms in total. The molecule has 112 valence electrons. The topological polar surface area (TPSA) is 94.3 Å². The monoisotopic (exact) mass is 327 g/mol. The van der Waals surface area contributed by atoms with E-state index < -0.39 is 10.0 Å². The van der Waals surface area contributed by atoms with Crippen molar-refractivity contribution in [1.29, 1.82) is 0 Å². The van der Waals surface area contributed by atoms with E-state index in [2.05, 4.69) is 9.71 Å². The van der Waals surface area contributed by atoms with Crippen molar-refractivity contribution in [2.75, 3.05) is 12.8 Å². The molecule has 0 aliphatic heterocycles. The summed E-state index contributed by atoms with van der Waals surface area (Å²) in [6, 6.07) is 8.36. The van der Waals surface area contributed by atoms with Crippen LogP contribution in [0.4, 0.5) is 5.82 Å². The molecule has 0 saturated carbocycles. The first-order valence-corrected chi connectivity index (χ1v) is 7.82. The number of nitrogens with two attached hydrogens (primary N) is 1. The van der Waals surface area contributed by atoms with Gasteiger partial charge in [0.15, 0.2) is 0 Å². The minimum atomic E-state index is -3.71. The van der Waals surface area contributed by atoms with E-state index in [-0.39, 0.29) is 22.3 Å². The summed E-state index contributed by atoms with van der Waals surface area (Å²) in [7, 11) is -2.16. The van der Waals surface area contributed by atoms with Crippen LogP contribution in [0.5, 0.6) is 5.75 Å². The maximum absolute atomic E-state index is 12.1. The second kappa shape index (κ2) is 6.30. The third-order valence-electron chi connectivity index (χ3n) is 2.76. The zero-order valence-corrected chi connectivity index (χ0v) is 12.8. The zero-order chi connectivity index (χ0) is 15.5. The summed E-state index contributed by atoms with van der Waals surface area (Å²) in [5.41, 5.74) is 6.23. The number of hydrogen-bond acceptors (Lipinski definition) is 5. The number of sulfonamides is 1. The number of hydrogen-bond donors (Lipinski definition) is 2. The lowest BCUT2D eigenvalue weighted by Gasteiger charge is -2.08. The number of ether oxygens (including phenoxy) is 1. The molecule has 0 amide bonds. The van der Waals surface area contributed by atoms with Gasteiger partial charge in [0.05, 0.1) is 12.1 Å². The van der Waals surface area contributed by atoms with Crippen LogP contribution in [0.2, 0.25) is 5.02 Å². The normalized spacial score (nSPS) is 11.3. The maximum Gasteiger partial charge on any atom is 0.242 e. The SMILES string of the molecule is COc1cccc(CNS(=O)(=O)c2cnc(N)c(Cl)c2)c1. The lowest BCUT2D eigenvalue weighted by Crippen LogP contribution is -2.23. The van der Waals surface area contributed by atoms with Crippen molar-refractivity contribution in [3.63, 3.8) is 0 Å². The first-order valence-electron chi connectivity index (χ1n) is 5.96. The molecule has 0 unspecified atom stereocenters. The Balaban J connectivity index is 2.15. The van der Waals surface area contributed by atoms with Crippen LogP contribution < -0.4 is 15.2 Å². The first kappa shape index (κ1) is 15.6. The number of halogens is 1. The fourth-order valence-corrected chi connectivity index (χ4v) is 2.84. The van der Waals surface area contributed by atoms with E-state index in [0.29, 0.717) is 5.75 Å². The minimum Gasteiger partial charge on any atom is -0.497 e. The van der Waals surface area contributed by atoms with E-state index in [9.17, 15) is 8.42 Å². The van der Waals surface area contributed by atoms with Crippen molar-refractivity contribution in [2.24, 2.45) is 0 Å². The molecule has 0 bridgehead atoms. The van der Waals surface area contributed by atoms with Crippen LogP contribution in [0.3, 0.4) is 0 Å². The summed E-state index contributed by atoms with van der Waals surface area (Å²) in [5, 5.41) is 0.0965. The fourth-order valence-electron chi connectivity index (χ4n) is 1.62. The zero-order valence-electron chi connectivity index (χ0n) is 11.2. The Bertz CT molecular complexity index is 750. The van der Waals surface area contributed by atoms with Crippen LogP contribution in [-0.2, 0) is 16.6 Å². The summed E-state index contributed by atoms with van der Waals surface area (Å²) in [6.07, 6.45) is 1.16. The summed E-state index contributed by atoms with van der Waals surface area (Å²) in [6.45, 7) is 0.127.